The fourth-order valence-corrected chi connectivity index (χ4v) is 2.40. The van der Waals surface area contributed by atoms with Gasteiger partial charge < -0.3 is 5.73 Å². The van der Waals surface area contributed by atoms with Gasteiger partial charge in [0.25, 0.3) is 0 Å². The van der Waals surface area contributed by atoms with Crippen molar-refractivity contribution in [3.05, 3.63) is 53.3 Å². The number of thioether (sulfide) groups is 1. The predicted molar refractivity (Wildman–Crippen MR) is 69.7 cm³/mol. The molecule has 0 unspecified atom stereocenters. The van der Waals surface area contributed by atoms with Gasteiger partial charge in [-0.25, -0.2) is 0 Å². The summed E-state index contributed by atoms with van der Waals surface area (Å²) in [5, 5.41) is 0.765. The van der Waals surface area contributed by atoms with E-state index in [2.05, 4.69) is 11.1 Å². The van der Waals surface area contributed by atoms with Crippen LogP contribution in [-0.2, 0) is 5.75 Å². The minimum atomic E-state index is 0.717. The van der Waals surface area contributed by atoms with Crippen LogP contribution in [0.3, 0.4) is 0 Å². The van der Waals surface area contributed by atoms with E-state index in [0.717, 1.165) is 21.4 Å². The van der Waals surface area contributed by atoms with E-state index in [0.29, 0.717) is 0 Å². The highest BCUT2D eigenvalue weighted by Crippen LogP contribution is 2.27. The number of nitrogens with zero attached hydrogens (tertiary/aromatic N) is 1. The average molecular weight is 251 g/mol. The third kappa shape index (κ3) is 2.90. The second-order valence-electron chi connectivity index (χ2n) is 3.33. The summed E-state index contributed by atoms with van der Waals surface area (Å²) < 4.78 is 0. The zero-order valence-corrected chi connectivity index (χ0v) is 10.1. The molecular formula is C12H11ClN2S. The van der Waals surface area contributed by atoms with Crippen LogP contribution in [0.15, 0.2) is 47.6 Å². The maximum atomic E-state index is 5.91. The number of nitrogen functional groups attached to an aromatic ring is 1. The molecule has 0 amide bonds. The molecule has 2 N–H and O–H groups in total. The lowest BCUT2D eigenvalue weighted by atomic mass is 10.2. The summed E-state index contributed by atoms with van der Waals surface area (Å²) in [7, 11) is 0. The number of hydrogen-bond donors (Lipinski definition) is 1. The van der Waals surface area contributed by atoms with Crippen molar-refractivity contribution >= 4 is 29.1 Å². The molecule has 2 nitrogen and oxygen atoms in total. The van der Waals surface area contributed by atoms with Crippen LogP contribution in [0, 0.1) is 0 Å². The second kappa shape index (κ2) is 5.23. The van der Waals surface area contributed by atoms with Gasteiger partial charge in [-0.1, -0.05) is 23.7 Å². The van der Waals surface area contributed by atoms with Crippen molar-refractivity contribution in [3.63, 3.8) is 0 Å². The standard InChI is InChI=1S/C12H11ClN2S/c13-10-3-1-2-9(6-10)8-16-12-4-5-15-7-11(12)14/h1-7H,8,14H2. The van der Waals surface area contributed by atoms with E-state index in [1.54, 1.807) is 24.2 Å². The van der Waals surface area contributed by atoms with Crippen molar-refractivity contribution < 1.29 is 0 Å². The molecule has 1 aromatic heterocycles. The number of aromatic nitrogens is 1. The Bertz CT molecular complexity index is 488. The normalized spacial score (nSPS) is 10.3. The third-order valence-corrected chi connectivity index (χ3v) is 3.49. The Morgan fingerprint density at radius 1 is 1.31 bits per heavy atom. The molecule has 0 bridgehead atoms. The molecular weight excluding hydrogens is 240 g/mol. The van der Waals surface area contributed by atoms with E-state index in [-0.39, 0.29) is 0 Å². The molecule has 0 aliphatic heterocycles. The smallest absolute Gasteiger partial charge is 0.0638 e. The monoisotopic (exact) mass is 250 g/mol. The minimum Gasteiger partial charge on any atom is -0.397 e. The van der Waals surface area contributed by atoms with Crippen LogP contribution in [0.25, 0.3) is 0 Å². The summed E-state index contributed by atoms with van der Waals surface area (Å²) in [5.74, 6) is 0.856. The Kier molecular flexibility index (Phi) is 3.70. The molecule has 2 aromatic rings. The lowest BCUT2D eigenvalue weighted by Crippen LogP contribution is -1.89. The van der Waals surface area contributed by atoms with Crippen LogP contribution in [0.4, 0.5) is 5.69 Å². The average Bonchev–Trinajstić information content (AvgIpc) is 2.28. The molecule has 0 radical (unpaired) electrons. The first kappa shape index (κ1) is 11.3. The van der Waals surface area contributed by atoms with Crippen LogP contribution >= 0.6 is 23.4 Å². The first-order valence-corrected chi connectivity index (χ1v) is 6.19. The molecule has 16 heavy (non-hydrogen) atoms. The Balaban J connectivity index is 2.05. The lowest BCUT2D eigenvalue weighted by Gasteiger charge is -2.04. The number of rotatable bonds is 3. The van der Waals surface area contributed by atoms with Crippen molar-refractivity contribution in [2.24, 2.45) is 0 Å². The first-order chi connectivity index (χ1) is 7.75. The van der Waals surface area contributed by atoms with E-state index in [9.17, 15) is 0 Å². The van der Waals surface area contributed by atoms with Gasteiger partial charge in [0.15, 0.2) is 0 Å². The van der Waals surface area contributed by atoms with Crippen molar-refractivity contribution in [1.29, 1.82) is 0 Å². The molecule has 82 valence electrons. The SMILES string of the molecule is Nc1cnccc1SCc1cccc(Cl)c1. The molecule has 0 atom stereocenters. The van der Waals surface area contributed by atoms with Crippen molar-refractivity contribution in [1.82, 2.24) is 4.98 Å². The molecule has 4 heteroatoms. The van der Waals surface area contributed by atoms with Crippen molar-refractivity contribution in [2.75, 3.05) is 5.73 Å². The minimum absolute atomic E-state index is 0.717. The van der Waals surface area contributed by atoms with Gasteiger partial charge in [0.05, 0.1) is 11.9 Å². The van der Waals surface area contributed by atoms with E-state index in [1.807, 2.05) is 24.3 Å². The van der Waals surface area contributed by atoms with E-state index in [4.69, 9.17) is 17.3 Å². The van der Waals surface area contributed by atoms with Crippen LogP contribution in [0.5, 0.6) is 0 Å². The van der Waals surface area contributed by atoms with Gasteiger partial charge in [-0.2, -0.15) is 0 Å². The summed E-state index contributed by atoms with van der Waals surface area (Å²) in [5.41, 5.74) is 7.71. The van der Waals surface area contributed by atoms with E-state index in [1.165, 1.54) is 5.56 Å². The summed E-state index contributed by atoms with van der Waals surface area (Å²) in [4.78, 5) is 5.01. The lowest BCUT2D eigenvalue weighted by molar-refractivity contribution is 1.26. The van der Waals surface area contributed by atoms with E-state index < -0.39 is 0 Å². The van der Waals surface area contributed by atoms with Gasteiger partial charge in [0.1, 0.15) is 0 Å². The molecule has 2 rings (SSSR count). The summed E-state index contributed by atoms with van der Waals surface area (Å²) >= 11 is 7.60. The number of halogens is 1. The second-order valence-corrected chi connectivity index (χ2v) is 4.79. The molecule has 0 fully saturated rings. The van der Waals surface area contributed by atoms with Crippen LogP contribution < -0.4 is 5.73 Å². The topological polar surface area (TPSA) is 38.9 Å². The third-order valence-electron chi connectivity index (χ3n) is 2.09. The molecule has 0 saturated heterocycles. The molecule has 1 aromatic carbocycles. The van der Waals surface area contributed by atoms with Gasteiger partial charge >= 0.3 is 0 Å². The highest BCUT2D eigenvalue weighted by Gasteiger charge is 2.00. The number of benzene rings is 1. The zero-order valence-electron chi connectivity index (χ0n) is 8.56. The Morgan fingerprint density at radius 2 is 2.19 bits per heavy atom. The predicted octanol–water partition coefficient (Wildman–Crippen LogP) is 3.61. The van der Waals surface area contributed by atoms with Crippen LogP contribution in [0.1, 0.15) is 5.56 Å². The molecule has 0 saturated carbocycles. The number of pyridine rings is 1. The maximum absolute atomic E-state index is 5.91. The zero-order chi connectivity index (χ0) is 11.4. The summed E-state index contributed by atoms with van der Waals surface area (Å²) in [6.45, 7) is 0. The van der Waals surface area contributed by atoms with Crippen LogP contribution in [-0.4, -0.2) is 4.98 Å². The van der Waals surface area contributed by atoms with Crippen LogP contribution in [0.2, 0.25) is 5.02 Å². The first-order valence-electron chi connectivity index (χ1n) is 4.82. The van der Waals surface area contributed by atoms with Crippen molar-refractivity contribution in [2.45, 2.75) is 10.6 Å². The quantitative estimate of drug-likeness (QED) is 0.846. The molecule has 0 spiro atoms. The molecule has 0 aliphatic carbocycles. The fraction of sp³-hybridized carbons (Fsp3) is 0.0833. The highest BCUT2D eigenvalue weighted by atomic mass is 35.5. The fourth-order valence-electron chi connectivity index (χ4n) is 1.31. The molecule has 1 heterocycles. The maximum Gasteiger partial charge on any atom is 0.0638 e. The largest absolute Gasteiger partial charge is 0.397 e. The van der Waals surface area contributed by atoms with Gasteiger partial charge in [-0.15, -0.1) is 11.8 Å². The van der Waals surface area contributed by atoms with E-state index >= 15 is 0 Å². The highest BCUT2D eigenvalue weighted by molar-refractivity contribution is 7.98. The Hall–Kier alpha value is -1.19. The van der Waals surface area contributed by atoms with Gasteiger partial charge in [-0.3, -0.25) is 4.98 Å². The van der Waals surface area contributed by atoms with Gasteiger partial charge in [0.2, 0.25) is 0 Å². The Morgan fingerprint density at radius 3 is 2.94 bits per heavy atom. The Labute approximate surface area is 104 Å². The number of hydrogen-bond acceptors (Lipinski definition) is 3. The summed E-state index contributed by atoms with van der Waals surface area (Å²) in [6, 6.07) is 9.76. The summed E-state index contributed by atoms with van der Waals surface area (Å²) in [6.07, 6.45) is 3.41. The number of anilines is 1. The van der Waals surface area contributed by atoms with Crippen molar-refractivity contribution in [3.8, 4) is 0 Å². The molecule has 0 aliphatic rings. The number of nitrogens with two attached hydrogens (primary N) is 1. The van der Waals surface area contributed by atoms with Gasteiger partial charge in [-0.05, 0) is 23.8 Å². The van der Waals surface area contributed by atoms with Gasteiger partial charge in [0, 0.05) is 21.9 Å².